The molecular formula is C40H73NO12P+. The highest BCUT2D eigenvalue weighted by Gasteiger charge is 2.27. The Morgan fingerprint density at radius 3 is 1.35 bits per heavy atom. The normalized spacial score (nSPS) is 13.1. The van der Waals surface area contributed by atoms with Crippen LogP contribution < -0.4 is 0 Å². The van der Waals surface area contributed by atoms with Gasteiger partial charge in [-0.2, -0.15) is 0 Å². The van der Waals surface area contributed by atoms with Crippen LogP contribution in [0.15, 0.2) is 24.3 Å². The molecule has 0 spiro atoms. The number of rotatable bonds is 36. The summed E-state index contributed by atoms with van der Waals surface area (Å²) >= 11 is 0. The van der Waals surface area contributed by atoms with Gasteiger partial charge in [0.25, 0.3) is 0 Å². The number of likely N-dealkylation sites (N-methyl/N-ethyl adjacent to an activating group) is 1. The lowest BCUT2D eigenvalue weighted by Crippen LogP contribution is -2.37. The number of hydrogen-bond acceptors (Lipinski definition) is 11. The lowest BCUT2D eigenvalue weighted by molar-refractivity contribution is -0.870. The summed E-state index contributed by atoms with van der Waals surface area (Å²) in [5.74, 6) is -1.60. The first kappa shape index (κ1) is 51.4. The van der Waals surface area contributed by atoms with Gasteiger partial charge in [0.1, 0.15) is 19.8 Å². The van der Waals surface area contributed by atoms with Crippen molar-refractivity contribution in [3.8, 4) is 0 Å². The topological polar surface area (TPSA) is 161 Å². The number of carbonyl (C=O) groups is 4. The molecule has 0 aromatic heterocycles. The quantitative estimate of drug-likeness (QED) is 0.0162. The van der Waals surface area contributed by atoms with E-state index in [0.29, 0.717) is 48.2 Å². The second-order valence-corrected chi connectivity index (χ2v) is 16.6. The fourth-order valence-corrected chi connectivity index (χ4v) is 5.80. The molecule has 0 aliphatic rings. The summed E-state index contributed by atoms with van der Waals surface area (Å²) in [6.07, 6.45) is 16.8. The fraction of sp³-hybridized carbons (Fsp3) is 0.800. The third kappa shape index (κ3) is 34.0. The number of nitrogens with zero attached hydrogens (tertiary/aromatic N) is 1. The van der Waals surface area contributed by atoms with Crippen molar-refractivity contribution in [2.45, 2.75) is 148 Å². The average molecular weight is 791 g/mol. The van der Waals surface area contributed by atoms with Gasteiger partial charge in [0.05, 0.1) is 41.0 Å². The molecule has 0 aromatic rings. The Balaban J connectivity index is 4.39. The number of quaternary nitrogens is 1. The average Bonchev–Trinajstić information content (AvgIpc) is 3.09. The zero-order chi connectivity index (χ0) is 40.7. The van der Waals surface area contributed by atoms with E-state index >= 15 is 0 Å². The van der Waals surface area contributed by atoms with Gasteiger partial charge in [-0.25, -0.2) is 14.2 Å². The van der Waals surface area contributed by atoms with E-state index in [4.69, 9.17) is 28.0 Å². The summed E-state index contributed by atoms with van der Waals surface area (Å²) in [5.41, 5.74) is 0.826. The maximum atomic E-state index is 12.6. The van der Waals surface area contributed by atoms with Crippen LogP contribution in [0.25, 0.3) is 0 Å². The van der Waals surface area contributed by atoms with Gasteiger partial charge in [-0.15, -0.1) is 0 Å². The number of esters is 4. The van der Waals surface area contributed by atoms with Crippen molar-refractivity contribution in [3.63, 3.8) is 0 Å². The minimum absolute atomic E-state index is 0.00152. The minimum Gasteiger partial charge on any atom is -0.462 e. The van der Waals surface area contributed by atoms with Crippen LogP contribution in [0.3, 0.4) is 0 Å². The molecular weight excluding hydrogens is 717 g/mol. The lowest BCUT2D eigenvalue weighted by Gasteiger charge is -2.24. The summed E-state index contributed by atoms with van der Waals surface area (Å²) in [6, 6.07) is 0. The molecule has 0 aliphatic heterocycles. The van der Waals surface area contributed by atoms with E-state index in [-0.39, 0.29) is 38.0 Å². The standard InChI is InChI=1S/C40H72NO12P/c1-34(2)39(44)48-29-24-20-16-12-8-10-14-18-22-26-37(42)50-32-36(33-52-54(46,47)51-31-28-41(5,6)7)53-38(43)27-23-19-15-11-9-13-17-21-25-30-49-40(45)35(3)4/h36H,1,3,8-33H2,2,4-7H3/p+1. The van der Waals surface area contributed by atoms with E-state index in [1.165, 1.54) is 0 Å². The summed E-state index contributed by atoms with van der Waals surface area (Å²) < 4.78 is 44.3. The Hall–Kier alpha value is -2.57. The van der Waals surface area contributed by atoms with Crippen molar-refractivity contribution in [2.24, 2.45) is 0 Å². The number of unbranched alkanes of at least 4 members (excludes halogenated alkanes) is 16. The Labute approximate surface area is 325 Å². The summed E-state index contributed by atoms with van der Waals surface area (Å²) in [5, 5.41) is 0. The number of phosphoric ester groups is 1. The van der Waals surface area contributed by atoms with Crippen molar-refractivity contribution in [1.29, 1.82) is 0 Å². The smallest absolute Gasteiger partial charge is 0.462 e. The summed E-state index contributed by atoms with van der Waals surface area (Å²) in [4.78, 5) is 58.0. The molecule has 0 amide bonds. The van der Waals surface area contributed by atoms with Crippen molar-refractivity contribution < 1.29 is 61.1 Å². The van der Waals surface area contributed by atoms with Gasteiger partial charge in [0.2, 0.25) is 0 Å². The highest BCUT2D eigenvalue weighted by Crippen LogP contribution is 2.43. The van der Waals surface area contributed by atoms with Crippen LogP contribution in [0.2, 0.25) is 0 Å². The zero-order valence-corrected chi connectivity index (χ0v) is 35.1. The van der Waals surface area contributed by atoms with Crippen LogP contribution in [0.1, 0.15) is 142 Å². The lowest BCUT2D eigenvalue weighted by atomic mass is 10.1. The molecule has 2 atom stereocenters. The third-order valence-electron chi connectivity index (χ3n) is 8.38. The van der Waals surface area contributed by atoms with Gasteiger partial charge in [-0.3, -0.25) is 18.6 Å². The molecule has 2 unspecified atom stereocenters. The highest BCUT2D eigenvalue weighted by atomic mass is 31.2. The van der Waals surface area contributed by atoms with Crippen LogP contribution in [0.4, 0.5) is 0 Å². The molecule has 0 rings (SSSR count). The van der Waals surface area contributed by atoms with Crippen LogP contribution in [-0.4, -0.2) is 100 Å². The number of hydrogen-bond donors (Lipinski definition) is 1. The Morgan fingerprint density at radius 2 is 0.944 bits per heavy atom. The zero-order valence-electron chi connectivity index (χ0n) is 34.2. The second kappa shape index (κ2) is 31.6. The molecule has 0 fully saturated rings. The van der Waals surface area contributed by atoms with E-state index in [2.05, 4.69) is 13.2 Å². The molecule has 1 N–H and O–H groups in total. The Bertz CT molecular complexity index is 1140. The second-order valence-electron chi connectivity index (χ2n) is 15.1. The van der Waals surface area contributed by atoms with E-state index in [1.54, 1.807) is 13.8 Å². The van der Waals surface area contributed by atoms with Crippen LogP contribution in [-0.2, 0) is 51.7 Å². The molecule has 0 saturated heterocycles. The van der Waals surface area contributed by atoms with Gasteiger partial charge in [-0.05, 0) is 39.5 Å². The molecule has 0 saturated carbocycles. The van der Waals surface area contributed by atoms with E-state index in [0.717, 1.165) is 103 Å². The predicted molar refractivity (Wildman–Crippen MR) is 209 cm³/mol. The van der Waals surface area contributed by atoms with Gasteiger partial charge >= 0.3 is 31.7 Å². The number of ether oxygens (including phenoxy) is 4. The van der Waals surface area contributed by atoms with Crippen molar-refractivity contribution in [1.82, 2.24) is 0 Å². The molecule has 54 heavy (non-hydrogen) atoms. The molecule has 0 aromatic carbocycles. The van der Waals surface area contributed by atoms with E-state index < -0.39 is 32.5 Å². The van der Waals surface area contributed by atoms with Crippen LogP contribution in [0, 0.1) is 0 Å². The minimum atomic E-state index is -4.41. The van der Waals surface area contributed by atoms with Crippen molar-refractivity contribution >= 4 is 31.7 Å². The first-order valence-corrected chi connectivity index (χ1v) is 21.4. The molecule has 0 aliphatic carbocycles. The molecule has 314 valence electrons. The largest absolute Gasteiger partial charge is 0.472 e. The van der Waals surface area contributed by atoms with Gasteiger partial charge in [0.15, 0.2) is 6.10 Å². The van der Waals surface area contributed by atoms with Crippen LogP contribution >= 0.6 is 7.82 Å². The predicted octanol–water partition coefficient (Wildman–Crippen LogP) is 8.32. The summed E-state index contributed by atoms with van der Waals surface area (Å²) in [6.45, 7) is 11.0. The highest BCUT2D eigenvalue weighted by molar-refractivity contribution is 7.47. The fourth-order valence-electron chi connectivity index (χ4n) is 5.06. The number of carbonyl (C=O) groups excluding carboxylic acids is 4. The molecule has 0 radical (unpaired) electrons. The third-order valence-corrected chi connectivity index (χ3v) is 9.37. The summed E-state index contributed by atoms with van der Waals surface area (Å²) in [7, 11) is 1.36. The SMILES string of the molecule is C=C(C)C(=O)OCCCCCCCCCCCC(=O)OCC(COP(=O)(O)OCC[N+](C)(C)C)OC(=O)CCCCCCCCCCCOC(=O)C(=C)C. The molecule has 0 bridgehead atoms. The maximum Gasteiger partial charge on any atom is 0.472 e. The molecule has 14 heteroatoms. The van der Waals surface area contributed by atoms with E-state index in [1.807, 2.05) is 21.1 Å². The first-order valence-electron chi connectivity index (χ1n) is 19.9. The van der Waals surface area contributed by atoms with Gasteiger partial charge in [0, 0.05) is 24.0 Å². The molecule has 13 nitrogen and oxygen atoms in total. The van der Waals surface area contributed by atoms with Gasteiger partial charge < -0.3 is 28.3 Å². The van der Waals surface area contributed by atoms with Gasteiger partial charge in [-0.1, -0.05) is 103 Å². The van der Waals surface area contributed by atoms with E-state index in [9.17, 15) is 28.6 Å². The first-order chi connectivity index (χ1) is 25.5. The Kier molecular flexibility index (Phi) is 30.1. The molecule has 0 heterocycles. The number of phosphoric acid groups is 1. The monoisotopic (exact) mass is 790 g/mol. The van der Waals surface area contributed by atoms with Crippen molar-refractivity contribution in [3.05, 3.63) is 24.3 Å². The maximum absolute atomic E-state index is 12.6. The Morgan fingerprint density at radius 1 is 0.556 bits per heavy atom. The van der Waals surface area contributed by atoms with Crippen molar-refractivity contribution in [2.75, 3.05) is 60.7 Å². The van der Waals surface area contributed by atoms with Crippen LogP contribution in [0.5, 0.6) is 0 Å².